The van der Waals surface area contributed by atoms with Gasteiger partial charge in [0.2, 0.25) is 0 Å². The Hall–Kier alpha value is -1.07. The van der Waals surface area contributed by atoms with Gasteiger partial charge in [-0.05, 0) is 47.3 Å². The summed E-state index contributed by atoms with van der Waals surface area (Å²) < 4.78 is 7.82. The Morgan fingerprint density at radius 1 is 1.30 bits per heavy atom. The first-order valence-electron chi connectivity index (χ1n) is 7.64. The largest absolute Gasteiger partial charge is 0.465 e. The van der Waals surface area contributed by atoms with Crippen LogP contribution in [0.2, 0.25) is 0 Å². The van der Waals surface area contributed by atoms with Crippen LogP contribution in [0.5, 0.6) is 6.01 Å². The molecule has 1 atom stereocenters. The highest BCUT2D eigenvalue weighted by molar-refractivity contribution is 5.12. The highest BCUT2D eigenvalue weighted by Gasteiger charge is 2.12. The van der Waals surface area contributed by atoms with Crippen molar-refractivity contribution in [2.75, 3.05) is 27.2 Å². The number of ether oxygens (including phenoxy) is 1. The van der Waals surface area contributed by atoms with E-state index in [0.29, 0.717) is 6.01 Å². The molecule has 0 fully saturated rings. The standard InChI is InChI=1S/C15H30N4O/c1-5-19-14(13(2)16)12-17-15(19)20-11-9-7-6-8-10-18(3)4/h12-13H,5-11,16H2,1-4H3. The maximum Gasteiger partial charge on any atom is 0.296 e. The zero-order valence-electron chi connectivity index (χ0n) is 13.4. The van der Waals surface area contributed by atoms with Crippen LogP contribution in [-0.2, 0) is 6.54 Å². The SMILES string of the molecule is CCn1c(C(C)N)cnc1OCCCCCCN(C)C. The quantitative estimate of drug-likeness (QED) is 0.670. The zero-order chi connectivity index (χ0) is 15.0. The molecular formula is C15H30N4O. The Balaban J connectivity index is 2.25. The van der Waals surface area contributed by atoms with Gasteiger partial charge < -0.3 is 15.4 Å². The van der Waals surface area contributed by atoms with Crippen LogP contribution < -0.4 is 10.5 Å². The molecule has 5 heteroatoms. The number of hydrogen-bond donors (Lipinski definition) is 1. The fraction of sp³-hybridized carbons (Fsp3) is 0.800. The molecule has 1 rings (SSSR count). The molecular weight excluding hydrogens is 252 g/mol. The molecule has 2 N–H and O–H groups in total. The highest BCUT2D eigenvalue weighted by atomic mass is 16.5. The molecule has 0 saturated heterocycles. The van der Waals surface area contributed by atoms with Gasteiger partial charge in [-0.1, -0.05) is 12.8 Å². The summed E-state index contributed by atoms with van der Waals surface area (Å²) in [6.07, 6.45) is 6.62. The van der Waals surface area contributed by atoms with E-state index in [1.165, 1.54) is 25.8 Å². The Morgan fingerprint density at radius 2 is 2.00 bits per heavy atom. The van der Waals surface area contributed by atoms with Crippen LogP contribution in [0.25, 0.3) is 0 Å². The van der Waals surface area contributed by atoms with Gasteiger partial charge in [-0.3, -0.25) is 4.57 Å². The van der Waals surface area contributed by atoms with Crippen molar-refractivity contribution in [2.45, 2.75) is 52.1 Å². The summed E-state index contributed by atoms with van der Waals surface area (Å²) in [6.45, 7) is 6.80. The maximum atomic E-state index is 5.92. The van der Waals surface area contributed by atoms with Gasteiger partial charge in [0.15, 0.2) is 0 Å². The van der Waals surface area contributed by atoms with Gasteiger partial charge in [-0.15, -0.1) is 0 Å². The molecule has 5 nitrogen and oxygen atoms in total. The number of hydrogen-bond acceptors (Lipinski definition) is 4. The lowest BCUT2D eigenvalue weighted by molar-refractivity contribution is 0.266. The molecule has 1 unspecified atom stereocenters. The van der Waals surface area contributed by atoms with Crippen molar-refractivity contribution in [3.63, 3.8) is 0 Å². The van der Waals surface area contributed by atoms with Crippen LogP contribution in [-0.4, -0.2) is 41.7 Å². The van der Waals surface area contributed by atoms with Crippen LogP contribution in [0.3, 0.4) is 0 Å². The lowest BCUT2D eigenvalue weighted by Crippen LogP contribution is -2.13. The summed E-state index contributed by atoms with van der Waals surface area (Å²) in [7, 11) is 4.23. The molecule has 0 bridgehead atoms. The van der Waals surface area contributed by atoms with Crippen molar-refractivity contribution < 1.29 is 4.74 Å². The Bertz CT molecular complexity index is 374. The average molecular weight is 282 g/mol. The van der Waals surface area contributed by atoms with Crippen LogP contribution >= 0.6 is 0 Å². The van der Waals surface area contributed by atoms with Gasteiger partial charge in [-0.2, -0.15) is 0 Å². The number of nitrogens with two attached hydrogens (primary N) is 1. The lowest BCUT2D eigenvalue weighted by atomic mass is 10.2. The smallest absolute Gasteiger partial charge is 0.296 e. The number of unbranched alkanes of at least 4 members (excludes halogenated alkanes) is 3. The van der Waals surface area contributed by atoms with E-state index in [4.69, 9.17) is 10.5 Å². The van der Waals surface area contributed by atoms with Crippen molar-refractivity contribution in [2.24, 2.45) is 5.73 Å². The Labute approximate surface area is 123 Å². The minimum absolute atomic E-state index is 0.00849. The van der Waals surface area contributed by atoms with Gasteiger partial charge in [0.05, 0.1) is 18.5 Å². The van der Waals surface area contributed by atoms with E-state index in [9.17, 15) is 0 Å². The summed E-state index contributed by atoms with van der Waals surface area (Å²) >= 11 is 0. The van der Waals surface area contributed by atoms with Crippen molar-refractivity contribution in [1.29, 1.82) is 0 Å². The van der Waals surface area contributed by atoms with E-state index in [1.54, 1.807) is 0 Å². The van der Waals surface area contributed by atoms with Crippen molar-refractivity contribution in [3.05, 3.63) is 11.9 Å². The lowest BCUT2D eigenvalue weighted by Gasteiger charge is -2.12. The van der Waals surface area contributed by atoms with E-state index < -0.39 is 0 Å². The second-order valence-corrected chi connectivity index (χ2v) is 5.56. The predicted molar refractivity (Wildman–Crippen MR) is 83.0 cm³/mol. The molecule has 1 aromatic heterocycles. The molecule has 1 heterocycles. The average Bonchev–Trinajstić information content (AvgIpc) is 2.80. The van der Waals surface area contributed by atoms with Crippen LogP contribution in [0.15, 0.2) is 6.20 Å². The molecule has 1 aromatic rings. The highest BCUT2D eigenvalue weighted by Crippen LogP contribution is 2.18. The third-order valence-corrected chi connectivity index (χ3v) is 3.36. The van der Waals surface area contributed by atoms with Crippen molar-refractivity contribution in [1.82, 2.24) is 14.5 Å². The molecule has 0 aromatic carbocycles. The molecule has 0 saturated carbocycles. The summed E-state index contributed by atoms with van der Waals surface area (Å²) in [6, 6.07) is 0.693. The molecule has 0 aliphatic rings. The van der Waals surface area contributed by atoms with Crippen LogP contribution in [0.4, 0.5) is 0 Å². The molecule has 20 heavy (non-hydrogen) atoms. The van der Waals surface area contributed by atoms with E-state index in [2.05, 4.69) is 35.5 Å². The minimum atomic E-state index is -0.00849. The first-order valence-corrected chi connectivity index (χ1v) is 7.64. The fourth-order valence-corrected chi connectivity index (χ4v) is 2.21. The number of rotatable bonds is 10. The molecule has 0 spiro atoms. The second-order valence-electron chi connectivity index (χ2n) is 5.56. The van der Waals surface area contributed by atoms with Crippen LogP contribution in [0, 0.1) is 0 Å². The predicted octanol–water partition coefficient (Wildman–Crippen LogP) is 2.42. The van der Waals surface area contributed by atoms with Crippen molar-refractivity contribution in [3.8, 4) is 6.01 Å². The Morgan fingerprint density at radius 3 is 2.60 bits per heavy atom. The van der Waals surface area contributed by atoms with E-state index in [0.717, 1.165) is 25.3 Å². The van der Waals surface area contributed by atoms with E-state index in [1.807, 2.05) is 13.1 Å². The number of nitrogens with zero attached hydrogens (tertiary/aromatic N) is 3. The summed E-state index contributed by atoms with van der Waals surface area (Å²) in [5, 5.41) is 0. The fourth-order valence-electron chi connectivity index (χ4n) is 2.21. The zero-order valence-corrected chi connectivity index (χ0v) is 13.4. The van der Waals surface area contributed by atoms with E-state index >= 15 is 0 Å². The van der Waals surface area contributed by atoms with Gasteiger partial charge >= 0.3 is 0 Å². The topological polar surface area (TPSA) is 56.3 Å². The minimum Gasteiger partial charge on any atom is -0.465 e. The summed E-state index contributed by atoms with van der Waals surface area (Å²) in [5.41, 5.74) is 6.95. The molecule has 0 aliphatic heterocycles. The monoisotopic (exact) mass is 282 g/mol. The molecule has 0 radical (unpaired) electrons. The van der Waals surface area contributed by atoms with E-state index in [-0.39, 0.29) is 6.04 Å². The van der Waals surface area contributed by atoms with Crippen LogP contribution in [0.1, 0.15) is 51.3 Å². The summed E-state index contributed by atoms with van der Waals surface area (Å²) in [4.78, 5) is 6.55. The van der Waals surface area contributed by atoms with Gasteiger partial charge in [0.1, 0.15) is 0 Å². The van der Waals surface area contributed by atoms with Gasteiger partial charge in [-0.25, -0.2) is 4.98 Å². The Kier molecular flexibility index (Phi) is 7.62. The molecule has 0 aliphatic carbocycles. The maximum absolute atomic E-state index is 5.92. The van der Waals surface area contributed by atoms with Gasteiger partial charge in [0.25, 0.3) is 6.01 Å². The first kappa shape index (κ1) is 17.0. The van der Waals surface area contributed by atoms with Crippen molar-refractivity contribution >= 4 is 0 Å². The molecule has 0 amide bonds. The second kappa shape index (κ2) is 8.97. The first-order chi connectivity index (χ1) is 9.56. The number of imidazole rings is 1. The third kappa shape index (κ3) is 5.51. The number of aromatic nitrogens is 2. The summed E-state index contributed by atoms with van der Waals surface area (Å²) in [5.74, 6) is 0. The third-order valence-electron chi connectivity index (χ3n) is 3.36. The molecule has 116 valence electrons. The normalized spacial score (nSPS) is 12.9. The van der Waals surface area contributed by atoms with Gasteiger partial charge in [0, 0.05) is 12.6 Å².